The van der Waals surface area contributed by atoms with Crippen molar-refractivity contribution in [3.63, 3.8) is 0 Å². The number of rotatable bonds is 1. The largest absolute Gasteiger partial charge is 0.480 e. The topological polar surface area (TPSA) is 70.8 Å². The quantitative estimate of drug-likeness (QED) is 0.825. The van der Waals surface area contributed by atoms with E-state index >= 15 is 0 Å². The molecule has 2 heterocycles. The van der Waals surface area contributed by atoms with Crippen LogP contribution in [0.2, 0.25) is 0 Å². The summed E-state index contributed by atoms with van der Waals surface area (Å²) >= 11 is 0. The van der Waals surface area contributed by atoms with Crippen LogP contribution >= 0.6 is 0 Å². The fraction of sp³-hybridized carbons (Fsp3) is 0.400. The second kappa shape index (κ2) is 4.04. The van der Waals surface area contributed by atoms with Gasteiger partial charge in [-0.2, -0.15) is 13.2 Å². The molecule has 8 heteroatoms. The van der Waals surface area contributed by atoms with E-state index in [4.69, 9.17) is 9.52 Å². The molecule has 1 aliphatic rings. The number of carbonyl (C=O) groups is 2. The van der Waals surface area contributed by atoms with Gasteiger partial charge in [0.15, 0.2) is 0 Å². The standard InChI is InChI=1S/C10H8F3NO4/c11-10(12,13)9(17)14-4-7-5(1-2-18-7)3-6(14)8(15)16/h1-2,6H,3-4H2,(H,15,16). The number of carbonyl (C=O) groups excluding carboxylic acids is 1. The van der Waals surface area contributed by atoms with Crippen molar-refractivity contribution in [1.29, 1.82) is 0 Å². The van der Waals surface area contributed by atoms with E-state index in [2.05, 4.69) is 0 Å². The molecule has 18 heavy (non-hydrogen) atoms. The molecular formula is C10H8F3NO4. The van der Waals surface area contributed by atoms with Crippen LogP contribution in [-0.2, 0) is 22.6 Å². The summed E-state index contributed by atoms with van der Waals surface area (Å²) in [7, 11) is 0. The van der Waals surface area contributed by atoms with E-state index in [-0.39, 0.29) is 17.1 Å². The molecule has 0 aliphatic carbocycles. The molecule has 1 N–H and O–H groups in total. The number of fused-ring (bicyclic) bond motifs is 1. The van der Waals surface area contributed by atoms with Crippen molar-refractivity contribution in [2.75, 3.05) is 0 Å². The maximum absolute atomic E-state index is 12.4. The molecular weight excluding hydrogens is 255 g/mol. The summed E-state index contributed by atoms with van der Waals surface area (Å²) in [4.78, 5) is 22.4. The van der Waals surface area contributed by atoms with Crippen LogP contribution in [-0.4, -0.2) is 34.1 Å². The van der Waals surface area contributed by atoms with Crippen molar-refractivity contribution in [3.05, 3.63) is 23.7 Å². The highest BCUT2D eigenvalue weighted by Gasteiger charge is 2.48. The summed E-state index contributed by atoms with van der Waals surface area (Å²) in [6.45, 7) is -0.488. The highest BCUT2D eigenvalue weighted by molar-refractivity contribution is 5.87. The van der Waals surface area contributed by atoms with E-state index in [0.29, 0.717) is 5.56 Å². The van der Waals surface area contributed by atoms with Crippen LogP contribution in [0.1, 0.15) is 11.3 Å². The van der Waals surface area contributed by atoms with Gasteiger partial charge in [0.05, 0.1) is 12.8 Å². The van der Waals surface area contributed by atoms with Gasteiger partial charge in [-0.25, -0.2) is 4.79 Å². The Bertz CT molecular complexity index is 494. The highest BCUT2D eigenvalue weighted by Crippen LogP contribution is 2.28. The minimum absolute atomic E-state index is 0.185. The lowest BCUT2D eigenvalue weighted by atomic mass is 10.00. The van der Waals surface area contributed by atoms with Gasteiger partial charge in [-0.1, -0.05) is 0 Å². The molecule has 1 atom stereocenters. The molecule has 0 bridgehead atoms. The third-order valence-electron chi connectivity index (χ3n) is 2.73. The predicted octanol–water partition coefficient (Wildman–Crippen LogP) is 1.18. The van der Waals surface area contributed by atoms with Gasteiger partial charge < -0.3 is 14.4 Å². The average Bonchev–Trinajstić information content (AvgIpc) is 2.71. The minimum Gasteiger partial charge on any atom is -0.480 e. The Balaban J connectivity index is 2.34. The molecule has 1 amide bonds. The van der Waals surface area contributed by atoms with Crippen LogP contribution < -0.4 is 0 Å². The maximum Gasteiger partial charge on any atom is 0.471 e. The van der Waals surface area contributed by atoms with Crippen molar-refractivity contribution < 1.29 is 32.3 Å². The summed E-state index contributed by atoms with van der Waals surface area (Å²) in [5.41, 5.74) is 0.508. The number of hydrogen-bond donors (Lipinski definition) is 1. The van der Waals surface area contributed by atoms with Crippen molar-refractivity contribution in [2.24, 2.45) is 0 Å². The molecule has 98 valence electrons. The van der Waals surface area contributed by atoms with Gasteiger partial charge in [-0.05, 0) is 11.6 Å². The number of furan rings is 1. The van der Waals surface area contributed by atoms with Crippen LogP contribution in [0, 0.1) is 0 Å². The van der Waals surface area contributed by atoms with E-state index < -0.39 is 30.6 Å². The first kappa shape index (κ1) is 12.5. The smallest absolute Gasteiger partial charge is 0.471 e. The summed E-state index contributed by atoms with van der Waals surface area (Å²) in [5, 5.41) is 8.89. The number of amides is 1. The van der Waals surface area contributed by atoms with E-state index in [1.54, 1.807) is 0 Å². The lowest BCUT2D eigenvalue weighted by Gasteiger charge is -2.32. The fourth-order valence-electron chi connectivity index (χ4n) is 1.87. The van der Waals surface area contributed by atoms with E-state index in [0.717, 1.165) is 0 Å². The molecule has 0 saturated carbocycles. The summed E-state index contributed by atoms with van der Waals surface area (Å²) in [5.74, 6) is -3.46. The summed E-state index contributed by atoms with van der Waals surface area (Å²) < 4.78 is 42.0. The lowest BCUT2D eigenvalue weighted by molar-refractivity contribution is -0.191. The van der Waals surface area contributed by atoms with Crippen molar-refractivity contribution in [2.45, 2.75) is 25.2 Å². The van der Waals surface area contributed by atoms with Gasteiger partial charge in [0.25, 0.3) is 0 Å². The molecule has 0 saturated heterocycles. The molecule has 1 aliphatic heterocycles. The van der Waals surface area contributed by atoms with Crippen molar-refractivity contribution in [1.82, 2.24) is 4.90 Å². The number of carboxylic acids is 1. The van der Waals surface area contributed by atoms with Crippen LogP contribution in [0.25, 0.3) is 0 Å². The van der Waals surface area contributed by atoms with Gasteiger partial charge in [0.1, 0.15) is 11.8 Å². The second-order valence-corrected chi connectivity index (χ2v) is 3.86. The van der Waals surface area contributed by atoms with Gasteiger partial charge in [0, 0.05) is 6.42 Å². The van der Waals surface area contributed by atoms with Crippen LogP contribution in [0.5, 0.6) is 0 Å². The summed E-state index contributed by atoms with van der Waals surface area (Å²) in [6, 6.07) is -0.0371. The van der Waals surface area contributed by atoms with Crippen molar-refractivity contribution in [3.8, 4) is 0 Å². The molecule has 0 aromatic carbocycles. The summed E-state index contributed by atoms with van der Waals surface area (Å²) in [6.07, 6.45) is -4.04. The first-order valence-corrected chi connectivity index (χ1v) is 4.96. The highest BCUT2D eigenvalue weighted by atomic mass is 19.4. The predicted molar refractivity (Wildman–Crippen MR) is 50.4 cm³/mol. The zero-order valence-corrected chi connectivity index (χ0v) is 8.90. The molecule has 0 spiro atoms. The minimum atomic E-state index is -5.10. The van der Waals surface area contributed by atoms with Gasteiger partial charge in [0.2, 0.25) is 0 Å². The van der Waals surface area contributed by atoms with E-state index in [1.165, 1.54) is 12.3 Å². The Morgan fingerprint density at radius 3 is 2.67 bits per heavy atom. The lowest BCUT2D eigenvalue weighted by Crippen LogP contribution is -2.52. The molecule has 1 unspecified atom stereocenters. The first-order chi connectivity index (χ1) is 8.30. The maximum atomic E-state index is 12.4. The fourth-order valence-corrected chi connectivity index (χ4v) is 1.87. The molecule has 0 fully saturated rings. The normalized spacial score (nSPS) is 19.5. The monoisotopic (exact) mass is 263 g/mol. The number of halogens is 3. The number of nitrogens with zero attached hydrogens (tertiary/aromatic N) is 1. The number of hydrogen-bond acceptors (Lipinski definition) is 3. The van der Waals surface area contributed by atoms with Crippen molar-refractivity contribution >= 4 is 11.9 Å². The Kier molecular flexibility index (Phi) is 2.80. The van der Waals surface area contributed by atoms with E-state index in [9.17, 15) is 22.8 Å². The van der Waals surface area contributed by atoms with Gasteiger partial charge in [-0.3, -0.25) is 4.79 Å². The number of alkyl halides is 3. The van der Waals surface area contributed by atoms with Crippen LogP contribution in [0.4, 0.5) is 13.2 Å². The average molecular weight is 263 g/mol. The van der Waals surface area contributed by atoms with Crippen LogP contribution in [0.3, 0.4) is 0 Å². The van der Waals surface area contributed by atoms with E-state index in [1.807, 2.05) is 0 Å². The molecule has 5 nitrogen and oxygen atoms in total. The van der Waals surface area contributed by atoms with Gasteiger partial charge >= 0.3 is 18.1 Å². The number of aliphatic carboxylic acids is 1. The number of carboxylic acid groups (broad SMARTS) is 1. The Labute approximate surface area is 98.8 Å². The SMILES string of the molecule is O=C(O)C1Cc2ccoc2CN1C(=O)C(F)(F)F. The van der Waals surface area contributed by atoms with Crippen LogP contribution in [0.15, 0.2) is 16.7 Å². The molecule has 1 aromatic rings. The molecule has 0 radical (unpaired) electrons. The Morgan fingerprint density at radius 1 is 1.44 bits per heavy atom. The molecule has 2 rings (SSSR count). The Hall–Kier alpha value is -1.99. The van der Waals surface area contributed by atoms with Gasteiger partial charge in [-0.15, -0.1) is 0 Å². The Morgan fingerprint density at radius 2 is 2.11 bits per heavy atom. The first-order valence-electron chi connectivity index (χ1n) is 4.96. The third kappa shape index (κ3) is 2.05. The second-order valence-electron chi connectivity index (χ2n) is 3.86. The zero-order valence-electron chi connectivity index (χ0n) is 8.90. The molecule has 1 aromatic heterocycles. The zero-order chi connectivity index (χ0) is 13.5. The third-order valence-corrected chi connectivity index (χ3v) is 2.73.